The molecule has 2 heterocycles. The molecule has 5 nitrogen and oxygen atoms in total. The summed E-state index contributed by atoms with van der Waals surface area (Å²) in [5.74, 6) is 0.772. The maximum Gasteiger partial charge on any atom is 0.222 e. The molecular formula is C14H16FN5. The molecule has 0 bridgehead atoms. The third-order valence-corrected chi connectivity index (χ3v) is 3.48. The van der Waals surface area contributed by atoms with E-state index in [2.05, 4.69) is 20.2 Å². The van der Waals surface area contributed by atoms with E-state index in [1.54, 1.807) is 12.1 Å². The quantitative estimate of drug-likeness (QED) is 0.881. The first kappa shape index (κ1) is 12.8. The number of benzene rings is 1. The third kappa shape index (κ3) is 2.42. The van der Waals surface area contributed by atoms with Crippen molar-refractivity contribution in [2.24, 2.45) is 0 Å². The van der Waals surface area contributed by atoms with Crippen LogP contribution in [0.2, 0.25) is 0 Å². The van der Waals surface area contributed by atoms with Gasteiger partial charge < -0.3 is 16.0 Å². The van der Waals surface area contributed by atoms with E-state index < -0.39 is 0 Å². The van der Waals surface area contributed by atoms with Crippen molar-refractivity contribution in [3.63, 3.8) is 0 Å². The normalized spacial score (nSPS) is 15.2. The molecule has 1 saturated heterocycles. The number of nitrogens with zero attached hydrogens (tertiary/aromatic N) is 3. The second-order valence-electron chi connectivity index (χ2n) is 4.87. The van der Waals surface area contributed by atoms with Gasteiger partial charge in [0.25, 0.3) is 0 Å². The number of nitrogens with one attached hydrogen (secondary N) is 1. The molecule has 0 aliphatic carbocycles. The Morgan fingerprint density at radius 3 is 2.60 bits per heavy atom. The zero-order valence-corrected chi connectivity index (χ0v) is 11.2. The van der Waals surface area contributed by atoms with E-state index in [1.165, 1.54) is 12.1 Å². The molecule has 1 aromatic carbocycles. The number of hydrogen-bond donors (Lipinski definition) is 2. The summed E-state index contributed by atoms with van der Waals surface area (Å²) in [5.41, 5.74) is 7.31. The van der Waals surface area contributed by atoms with Crippen LogP contribution in [0.1, 0.15) is 0 Å². The molecule has 2 aromatic rings. The van der Waals surface area contributed by atoms with Gasteiger partial charge in [-0.15, -0.1) is 0 Å². The number of nitrogen functional groups attached to an aromatic ring is 1. The Hall–Kier alpha value is -2.21. The smallest absolute Gasteiger partial charge is 0.222 e. The van der Waals surface area contributed by atoms with Crippen LogP contribution in [0.5, 0.6) is 0 Å². The first-order valence-electron chi connectivity index (χ1n) is 6.48. The lowest BCUT2D eigenvalue weighted by atomic mass is 10.1. The standard InChI is InChI=1S/C14H16FN5/c1-17-11-7-20(8-11)13-6-12(18-14(16)19-13)9-2-4-10(15)5-3-9/h2-6,11,17H,7-8H2,1H3,(H2,16,18,19). The lowest BCUT2D eigenvalue weighted by molar-refractivity contribution is 0.447. The van der Waals surface area contributed by atoms with Crippen LogP contribution in [0, 0.1) is 5.82 Å². The van der Waals surface area contributed by atoms with Crippen LogP contribution in [0.3, 0.4) is 0 Å². The van der Waals surface area contributed by atoms with E-state index in [-0.39, 0.29) is 11.8 Å². The number of halogens is 1. The topological polar surface area (TPSA) is 67.1 Å². The lowest BCUT2D eigenvalue weighted by Gasteiger charge is -2.40. The molecule has 1 aromatic heterocycles. The van der Waals surface area contributed by atoms with E-state index >= 15 is 0 Å². The number of aromatic nitrogens is 2. The molecule has 0 saturated carbocycles. The van der Waals surface area contributed by atoms with Gasteiger partial charge >= 0.3 is 0 Å². The summed E-state index contributed by atoms with van der Waals surface area (Å²) in [6.45, 7) is 1.80. The summed E-state index contributed by atoms with van der Waals surface area (Å²) in [6.07, 6.45) is 0. The Labute approximate surface area is 116 Å². The highest BCUT2D eigenvalue weighted by Gasteiger charge is 2.26. The molecule has 104 valence electrons. The number of hydrogen-bond acceptors (Lipinski definition) is 5. The molecule has 3 rings (SSSR count). The first-order valence-corrected chi connectivity index (χ1v) is 6.48. The minimum atomic E-state index is -0.268. The largest absolute Gasteiger partial charge is 0.368 e. The minimum Gasteiger partial charge on any atom is -0.368 e. The van der Waals surface area contributed by atoms with E-state index in [4.69, 9.17) is 5.73 Å². The fraction of sp³-hybridized carbons (Fsp3) is 0.286. The average Bonchev–Trinajstić information content (AvgIpc) is 2.37. The van der Waals surface area contributed by atoms with E-state index in [0.29, 0.717) is 11.7 Å². The van der Waals surface area contributed by atoms with E-state index in [9.17, 15) is 4.39 Å². The fourth-order valence-corrected chi connectivity index (χ4v) is 2.23. The van der Waals surface area contributed by atoms with Gasteiger partial charge in [0.05, 0.1) is 5.69 Å². The van der Waals surface area contributed by atoms with Crippen molar-refractivity contribution in [1.82, 2.24) is 15.3 Å². The van der Waals surface area contributed by atoms with E-state index in [1.807, 2.05) is 13.1 Å². The Morgan fingerprint density at radius 1 is 1.25 bits per heavy atom. The molecular weight excluding hydrogens is 257 g/mol. The summed E-state index contributed by atoms with van der Waals surface area (Å²) in [6, 6.07) is 8.57. The van der Waals surface area contributed by atoms with Gasteiger partial charge in [0, 0.05) is 30.8 Å². The number of anilines is 2. The maximum absolute atomic E-state index is 13.0. The van der Waals surface area contributed by atoms with Crippen LogP contribution in [-0.4, -0.2) is 36.1 Å². The number of nitrogens with two attached hydrogens (primary N) is 1. The third-order valence-electron chi connectivity index (χ3n) is 3.48. The van der Waals surface area contributed by atoms with Crippen LogP contribution < -0.4 is 16.0 Å². The second kappa shape index (κ2) is 5.05. The molecule has 1 fully saturated rings. The lowest BCUT2D eigenvalue weighted by Crippen LogP contribution is -2.57. The van der Waals surface area contributed by atoms with Crippen molar-refractivity contribution < 1.29 is 4.39 Å². The first-order chi connectivity index (χ1) is 9.65. The van der Waals surface area contributed by atoms with Gasteiger partial charge in [-0.1, -0.05) is 0 Å². The van der Waals surface area contributed by atoms with Crippen LogP contribution in [-0.2, 0) is 0 Å². The molecule has 1 aliphatic heterocycles. The van der Waals surface area contributed by atoms with Crippen molar-refractivity contribution in [1.29, 1.82) is 0 Å². The van der Waals surface area contributed by atoms with Crippen molar-refractivity contribution in [2.75, 3.05) is 30.8 Å². The fourth-order valence-electron chi connectivity index (χ4n) is 2.23. The maximum atomic E-state index is 13.0. The average molecular weight is 273 g/mol. The monoisotopic (exact) mass is 273 g/mol. The predicted octanol–water partition coefficient (Wildman–Crippen LogP) is 1.27. The zero-order valence-electron chi connectivity index (χ0n) is 11.2. The van der Waals surface area contributed by atoms with Crippen molar-refractivity contribution >= 4 is 11.8 Å². The molecule has 0 amide bonds. The van der Waals surface area contributed by atoms with Crippen molar-refractivity contribution in [3.05, 3.63) is 36.1 Å². The van der Waals surface area contributed by atoms with Crippen molar-refractivity contribution in [2.45, 2.75) is 6.04 Å². The van der Waals surface area contributed by atoms with Crippen LogP contribution in [0.4, 0.5) is 16.2 Å². The molecule has 6 heteroatoms. The number of rotatable bonds is 3. The minimum absolute atomic E-state index is 0.231. The summed E-state index contributed by atoms with van der Waals surface area (Å²) < 4.78 is 13.0. The SMILES string of the molecule is CNC1CN(c2cc(-c3ccc(F)cc3)nc(N)n2)C1. The molecule has 0 unspecified atom stereocenters. The van der Waals surface area contributed by atoms with Crippen molar-refractivity contribution in [3.8, 4) is 11.3 Å². The summed E-state index contributed by atoms with van der Waals surface area (Å²) >= 11 is 0. The van der Waals surface area contributed by atoms with Gasteiger partial charge in [0.2, 0.25) is 5.95 Å². The highest BCUT2D eigenvalue weighted by atomic mass is 19.1. The summed E-state index contributed by atoms with van der Waals surface area (Å²) in [5, 5.41) is 3.21. The Kier molecular flexibility index (Phi) is 3.23. The van der Waals surface area contributed by atoms with Gasteiger partial charge in [-0.05, 0) is 31.3 Å². The Morgan fingerprint density at radius 2 is 1.95 bits per heavy atom. The molecule has 0 radical (unpaired) electrons. The van der Waals surface area contributed by atoms with Crippen LogP contribution in [0.15, 0.2) is 30.3 Å². The van der Waals surface area contributed by atoms with Gasteiger partial charge in [0.15, 0.2) is 0 Å². The van der Waals surface area contributed by atoms with Crippen LogP contribution >= 0.6 is 0 Å². The van der Waals surface area contributed by atoms with Crippen LogP contribution in [0.25, 0.3) is 11.3 Å². The van der Waals surface area contributed by atoms with E-state index in [0.717, 1.165) is 24.5 Å². The molecule has 0 atom stereocenters. The van der Waals surface area contributed by atoms with Gasteiger partial charge in [-0.2, -0.15) is 4.98 Å². The highest BCUT2D eigenvalue weighted by Crippen LogP contribution is 2.25. The molecule has 0 spiro atoms. The number of likely N-dealkylation sites (N-methyl/N-ethyl adjacent to an activating group) is 1. The van der Waals surface area contributed by atoms with Gasteiger partial charge in [-0.3, -0.25) is 0 Å². The second-order valence-corrected chi connectivity index (χ2v) is 4.87. The molecule has 20 heavy (non-hydrogen) atoms. The predicted molar refractivity (Wildman–Crippen MR) is 76.9 cm³/mol. The van der Waals surface area contributed by atoms with Gasteiger partial charge in [-0.25, -0.2) is 9.37 Å². The Balaban J connectivity index is 1.89. The van der Waals surface area contributed by atoms with Gasteiger partial charge in [0.1, 0.15) is 11.6 Å². The molecule has 1 aliphatic rings. The summed E-state index contributed by atoms with van der Waals surface area (Å²) in [4.78, 5) is 10.6. The Bertz CT molecular complexity index is 607. The molecule has 3 N–H and O–H groups in total. The summed E-state index contributed by atoms with van der Waals surface area (Å²) in [7, 11) is 1.94. The highest BCUT2D eigenvalue weighted by molar-refractivity contribution is 5.65. The zero-order chi connectivity index (χ0) is 14.1.